The van der Waals surface area contributed by atoms with Gasteiger partial charge in [0.05, 0.1) is 35.7 Å². The smallest absolute Gasteiger partial charge is 0.243 e. The maximum absolute atomic E-state index is 13.3. The van der Waals surface area contributed by atoms with Crippen LogP contribution in [-0.4, -0.2) is 77.0 Å². The van der Waals surface area contributed by atoms with E-state index in [4.69, 9.17) is 21.1 Å². The first-order valence-electron chi connectivity index (χ1n) is 11.4. The van der Waals surface area contributed by atoms with E-state index >= 15 is 0 Å². The number of piperidine rings is 1. The van der Waals surface area contributed by atoms with Gasteiger partial charge in [0.15, 0.2) is 0 Å². The lowest BCUT2D eigenvalue weighted by atomic mass is 9.97. The van der Waals surface area contributed by atoms with Crippen LogP contribution in [0.15, 0.2) is 47.4 Å². The Labute approximate surface area is 206 Å². The molecular formula is C24H30ClN3O5S. The topological polar surface area (TPSA) is 79.4 Å². The summed E-state index contributed by atoms with van der Waals surface area (Å²) in [5, 5.41) is 0.237. The number of ether oxygens (including phenoxy) is 2. The van der Waals surface area contributed by atoms with Crippen molar-refractivity contribution in [3.8, 4) is 11.5 Å². The number of hydrogen-bond donors (Lipinski definition) is 0. The molecule has 4 rings (SSSR count). The van der Waals surface area contributed by atoms with Gasteiger partial charge in [-0.1, -0.05) is 23.7 Å². The molecule has 0 aromatic heterocycles. The summed E-state index contributed by atoms with van der Waals surface area (Å²) >= 11 is 6.15. The fraction of sp³-hybridized carbons (Fsp3) is 0.458. The van der Waals surface area contributed by atoms with Gasteiger partial charge >= 0.3 is 0 Å². The van der Waals surface area contributed by atoms with Crippen LogP contribution in [-0.2, 0) is 14.8 Å². The average Bonchev–Trinajstić information content (AvgIpc) is 2.88. The summed E-state index contributed by atoms with van der Waals surface area (Å²) in [6, 6.07) is 12.3. The highest BCUT2D eigenvalue weighted by molar-refractivity contribution is 7.89. The number of methoxy groups -OCH3 is 2. The van der Waals surface area contributed by atoms with Crippen LogP contribution in [0.1, 0.15) is 12.8 Å². The largest absolute Gasteiger partial charge is 0.495 e. The van der Waals surface area contributed by atoms with E-state index in [9.17, 15) is 13.2 Å². The van der Waals surface area contributed by atoms with Crippen molar-refractivity contribution < 1.29 is 22.7 Å². The standard InChI is InChI=1S/C24H30ClN3O5S/c1-32-22-10-9-19(16-20(22)25)34(30,31)28-11-5-6-18(17-28)24(29)27-14-12-26(13-15-27)21-7-3-4-8-23(21)33-2/h3-4,7-10,16,18H,5-6,11-15,17H2,1-2H3/t18-/m0/s1. The lowest BCUT2D eigenvalue weighted by Crippen LogP contribution is -2.53. The van der Waals surface area contributed by atoms with Crippen LogP contribution in [0.3, 0.4) is 0 Å². The maximum atomic E-state index is 13.3. The quantitative estimate of drug-likeness (QED) is 0.598. The number of halogens is 1. The fourth-order valence-corrected chi connectivity index (χ4v) is 6.51. The Morgan fingerprint density at radius 1 is 0.971 bits per heavy atom. The number of nitrogens with zero attached hydrogens (tertiary/aromatic N) is 3. The molecule has 0 bridgehead atoms. The average molecular weight is 508 g/mol. The number of amides is 1. The summed E-state index contributed by atoms with van der Waals surface area (Å²) in [7, 11) is -0.626. The van der Waals surface area contributed by atoms with Gasteiger partial charge in [-0.3, -0.25) is 4.79 Å². The van der Waals surface area contributed by atoms with Gasteiger partial charge in [0.25, 0.3) is 0 Å². The normalized spacial score (nSPS) is 19.7. The van der Waals surface area contributed by atoms with E-state index in [1.807, 2.05) is 29.2 Å². The third-order valence-electron chi connectivity index (χ3n) is 6.51. The molecule has 1 atom stereocenters. The van der Waals surface area contributed by atoms with E-state index in [2.05, 4.69) is 4.90 Å². The molecule has 0 saturated carbocycles. The Kier molecular flexibility index (Phi) is 7.54. The third-order valence-corrected chi connectivity index (χ3v) is 8.67. The van der Waals surface area contributed by atoms with Crippen LogP contribution >= 0.6 is 11.6 Å². The van der Waals surface area contributed by atoms with Gasteiger partial charge in [-0.15, -0.1) is 0 Å². The van der Waals surface area contributed by atoms with Crippen LogP contribution in [0.4, 0.5) is 5.69 Å². The van der Waals surface area contributed by atoms with E-state index in [0.29, 0.717) is 51.3 Å². The molecule has 0 unspecified atom stereocenters. The molecule has 184 valence electrons. The molecule has 2 fully saturated rings. The molecule has 0 aliphatic carbocycles. The fourth-order valence-electron chi connectivity index (χ4n) is 4.64. The number of sulfonamides is 1. The first-order valence-corrected chi connectivity index (χ1v) is 13.2. The molecule has 10 heteroatoms. The Hall–Kier alpha value is -2.49. The molecule has 0 radical (unpaired) electrons. The molecular weight excluding hydrogens is 478 g/mol. The van der Waals surface area contributed by atoms with Crippen molar-refractivity contribution in [3.05, 3.63) is 47.5 Å². The summed E-state index contributed by atoms with van der Waals surface area (Å²) in [6.07, 6.45) is 1.32. The third kappa shape index (κ3) is 4.96. The van der Waals surface area contributed by atoms with Gasteiger partial charge < -0.3 is 19.3 Å². The van der Waals surface area contributed by atoms with Crippen molar-refractivity contribution in [2.24, 2.45) is 5.92 Å². The molecule has 1 amide bonds. The number of carbonyl (C=O) groups is 1. The lowest BCUT2D eigenvalue weighted by Gasteiger charge is -2.39. The molecule has 2 aromatic rings. The first-order chi connectivity index (χ1) is 16.3. The molecule has 0 spiro atoms. The van der Waals surface area contributed by atoms with Crippen LogP contribution in [0.5, 0.6) is 11.5 Å². The maximum Gasteiger partial charge on any atom is 0.243 e. The molecule has 34 heavy (non-hydrogen) atoms. The number of hydrogen-bond acceptors (Lipinski definition) is 6. The predicted molar refractivity (Wildman–Crippen MR) is 131 cm³/mol. The van der Waals surface area contributed by atoms with Crippen LogP contribution in [0.2, 0.25) is 5.02 Å². The number of benzene rings is 2. The van der Waals surface area contributed by atoms with Crippen molar-refractivity contribution >= 4 is 33.2 Å². The Bertz CT molecular complexity index is 1140. The zero-order chi connectivity index (χ0) is 24.3. The lowest BCUT2D eigenvalue weighted by molar-refractivity contribution is -0.137. The molecule has 0 N–H and O–H groups in total. The highest BCUT2D eigenvalue weighted by atomic mass is 35.5. The van der Waals surface area contributed by atoms with Gasteiger partial charge in [0.1, 0.15) is 11.5 Å². The monoisotopic (exact) mass is 507 g/mol. The zero-order valence-corrected chi connectivity index (χ0v) is 21.0. The first kappa shape index (κ1) is 24.6. The minimum Gasteiger partial charge on any atom is -0.495 e. The summed E-state index contributed by atoms with van der Waals surface area (Å²) in [5.74, 6) is 0.899. The van der Waals surface area contributed by atoms with Gasteiger partial charge in [-0.05, 0) is 43.2 Å². The molecule has 2 aromatic carbocycles. The van der Waals surface area contributed by atoms with Gasteiger partial charge in [-0.25, -0.2) is 8.42 Å². The van der Waals surface area contributed by atoms with Crippen LogP contribution < -0.4 is 14.4 Å². The highest BCUT2D eigenvalue weighted by Crippen LogP contribution is 2.32. The van der Waals surface area contributed by atoms with E-state index < -0.39 is 10.0 Å². The summed E-state index contributed by atoms with van der Waals surface area (Å²) in [6.45, 7) is 3.15. The second-order valence-electron chi connectivity index (χ2n) is 8.48. The van der Waals surface area contributed by atoms with E-state index in [1.165, 1.54) is 23.5 Å². The van der Waals surface area contributed by atoms with Crippen molar-refractivity contribution in [1.82, 2.24) is 9.21 Å². The van der Waals surface area contributed by atoms with Crippen molar-refractivity contribution in [3.63, 3.8) is 0 Å². The van der Waals surface area contributed by atoms with Gasteiger partial charge in [0, 0.05) is 39.3 Å². The molecule has 2 aliphatic heterocycles. The zero-order valence-electron chi connectivity index (χ0n) is 19.4. The molecule has 2 heterocycles. The second-order valence-corrected chi connectivity index (χ2v) is 10.8. The summed E-state index contributed by atoms with van der Waals surface area (Å²) in [5.41, 5.74) is 1.02. The second kappa shape index (κ2) is 10.4. The SMILES string of the molecule is COc1ccc(S(=O)(=O)N2CCC[C@H](C(=O)N3CCN(c4ccccc4OC)CC3)C2)cc1Cl. The minimum absolute atomic E-state index is 0.0207. The van der Waals surface area contributed by atoms with E-state index in [-0.39, 0.29) is 28.3 Å². The summed E-state index contributed by atoms with van der Waals surface area (Å²) in [4.78, 5) is 17.5. The van der Waals surface area contributed by atoms with Gasteiger partial charge in [-0.2, -0.15) is 4.31 Å². The highest BCUT2D eigenvalue weighted by Gasteiger charge is 2.36. The van der Waals surface area contributed by atoms with Crippen molar-refractivity contribution in [2.75, 3.05) is 58.4 Å². The predicted octanol–water partition coefficient (Wildman–Crippen LogP) is 3.11. The molecule has 2 saturated heterocycles. The number of rotatable bonds is 6. The minimum atomic E-state index is -3.76. The number of carbonyl (C=O) groups excluding carboxylic acids is 1. The van der Waals surface area contributed by atoms with E-state index in [1.54, 1.807) is 13.2 Å². The Morgan fingerprint density at radius 3 is 2.35 bits per heavy atom. The molecule has 8 nitrogen and oxygen atoms in total. The Balaban J connectivity index is 1.40. The Morgan fingerprint density at radius 2 is 1.68 bits per heavy atom. The van der Waals surface area contributed by atoms with Crippen LogP contribution in [0, 0.1) is 5.92 Å². The van der Waals surface area contributed by atoms with Crippen molar-refractivity contribution in [1.29, 1.82) is 0 Å². The van der Waals surface area contributed by atoms with Crippen LogP contribution in [0.25, 0.3) is 0 Å². The van der Waals surface area contributed by atoms with Crippen molar-refractivity contribution in [2.45, 2.75) is 17.7 Å². The number of anilines is 1. The summed E-state index contributed by atoms with van der Waals surface area (Å²) < 4.78 is 38.4. The number of piperazine rings is 1. The van der Waals surface area contributed by atoms with E-state index in [0.717, 1.165) is 11.4 Å². The van der Waals surface area contributed by atoms with Gasteiger partial charge in [0.2, 0.25) is 15.9 Å². The molecule has 2 aliphatic rings. The number of para-hydroxylation sites is 2.